The van der Waals surface area contributed by atoms with Crippen LogP contribution in [0.25, 0.3) is 0 Å². The molecule has 0 aromatic carbocycles. The van der Waals surface area contributed by atoms with E-state index in [4.69, 9.17) is 0 Å². The van der Waals surface area contributed by atoms with Crippen LogP contribution in [0.3, 0.4) is 0 Å². The summed E-state index contributed by atoms with van der Waals surface area (Å²) in [7, 11) is 0. The van der Waals surface area contributed by atoms with Gasteiger partial charge in [0, 0.05) is 11.2 Å². The fraction of sp³-hybridized carbons (Fsp3) is 0.917. The van der Waals surface area contributed by atoms with Gasteiger partial charge < -0.3 is 10.2 Å². The first-order chi connectivity index (χ1) is 7.02. The summed E-state index contributed by atoms with van der Waals surface area (Å²) in [6, 6.07) is 0. The van der Waals surface area contributed by atoms with Gasteiger partial charge in [0.25, 0.3) is 0 Å². The number of aliphatic hydroxyl groups is 2. The van der Waals surface area contributed by atoms with Gasteiger partial charge in [0.15, 0.2) is 5.12 Å². The molecule has 0 aromatic rings. The summed E-state index contributed by atoms with van der Waals surface area (Å²) in [5.41, 5.74) is -1.08. The molecule has 2 N–H and O–H groups in total. The second kappa shape index (κ2) is 6.03. The molecule has 3 nitrogen and oxygen atoms in total. The number of rotatable bonds is 5. The Balaban J connectivity index is 3.79. The van der Waals surface area contributed by atoms with Gasteiger partial charge in [-0.25, -0.2) is 0 Å². The summed E-state index contributed by atoms with van der Waals surface area (Å²) in [4.78, 5) is 11.5. The molecule has 16 heavy (non-hydrogen) atoms. The van der Waals surface area contributed by atoms with Crippen molar-refractivity contribution >= 4 is 16.9 Å². The molecule has 0 bridgehead atoms. The highest BCUT2D eigenvalue weighted by Crippen LogP contribution is 2.26. The number of aliphatic hydroxyl groups excluding tert-OH is 1. The van der Waals surface area contributed by atoms with Crippen LogP contribution in [0, 0.1) is 0 Å². The molecule has 0 heterocycles. The van der Waals surface area contributed by atoms with E-state index in [-0.39, 0.29) is 9.86 Å². The van der Waals surface area contributed by atoms with Crippen molar-refractivity contribution in [3.63, 3.8) is 0 Å². The van der Waals surface area contributed by atoms with Crippen LogP contribution in [0.1, 0.15) is 53.9 Å². The van der Waals surface area contributed by atoms with E-state index in [0.29, 0.717) is 19.3 Å². The van der Waals surface area contributed by atoms with Crippen molar-refractivity contribution in [1.29, 1.82) is 0 Å². The lowest BCUT2D eigenvalue weighted by atomic mass is 9.97. The summed E-state index contributed by atoms with van der Waals surface area (Å²) in [5, 5.41) is 19.2. The molecule has 0 radical (unpaired) electrons. The van der Waals surface area contributed by atoms with Crippen molar-refractivity contribution in [2.24, 2.45) is 0 Å². The van der Waals surface area contributed by atoms with Crippen LogP contribution in [0.5, 0.6) is 0 Å². The summed E-state index contributed by atoms with van der Waals surface area (Å²) < 4.78 is -0.0497. The van der Waals surface area contributed by atoms with Crippen molar-refractivity contribution in [2.75, 3.05) is 0 Å². The van der Waals surface area contributed by atoms with Crippen LogP contribution in [0.2, 0.25) is 0 Å². The zero-order valence-electron chi connectivity index (χ0n) is 10.9. The van der Waals surface area contributed by atoms with Crippen molar-refractivity contribution in [3.05, 3.63) is 0 Å². The van der Waals surface area contributed by atoms with Crippen molar-refractivity contribution in [1.82, 2.24) is 0 Å². The number of hydrogen-bond acceptors (Lipinski definition) is 4. The predicted octanol–water partition coefficient (Wildman–Crippen LogP) is 2.35. The van der Waals surface area contributed by atoms with Gasteiger partial charge in [0.1, 0.15) is 0 Å². The van der Waals surface area contributed by atoms with Gasteiger partial charge in [-0.2, -0.15) is 0 Å². The van der Waals surface area contributed by atoms with Gasteiger partial charge in [-0.05, 0) is 26.7 Å². The third kappa shape index (κ3) is 8.13. The number of carbonyl (C=O) groups is 1. The van der Waals surface area contributed by atoms with Crippen molar-refractivity contribution in [3.8, 4) is 0 Å². The van der Waals surface area contributed by atoms with E-state index < -0.39 is 11.7 Å². The minimum atomic E-state index is -1.08. The number of thioether (sulfide) groups is 1. The molecule has 96 valence electrons. The van der Waals surface area contributed by atoms with Crippen LogP contribution in [-0.4, -0.2) is 31.8 Å². The lowest BCUT2D eigenvalue weighted by Crippen LogP contribution is -2.35. The second-order valence-corrected chi connectivity index (χ2v) is 7.53. The van der Waals surface area contributed by atoms with Crippen LogP contribution in [-0.2, 0) is 4.79 Å². The quantitative estimate of drug-likeness (QED) is 0.784. The van der Waals surface area contributed by atoms with Crippen molar-refractivity contribution < 1.29 is 15.0 Å². The summed E-state index contributed by atoms with van der Waals surface area (Å²) >= 11 is 1.33. The average Bonchev–Trinajstić information content (AvgIpc) is 1.98. The first-order valence-corrected chi connectivity index (χ1v) is 6.46. The average molecular weight is 248 g/mol. The standard InChI is InChI=1S/C12H24O3S/c1-11(2,3)16-10(14)8-6-7-9(13)12(4,5)15/h9,13,15H,6-8H2,1-5H3/t9-/m0/s1. The van der Waals surface area contributed by atoms with Crippen LogP contribution >= 0.6 is 11.8 Å². The first-order valence-electron chi connectivity index (χ1n) is 5.64. The normalized spacial score (nSPS) is 14.9. The fourth-order valence-electron chi connectivity index (χ4n) is 1.19. The minimum absolute atomic E-state index is 0.0497. The Labute approximate surface area is 103 Å². The largest absolute Gasteiger partial charge is 0.390 e. The molecule has 0 unspecified atom stereocenters. The highest BCUT2D eigenvalue weighted by atomic mass is 32.2. The number of carbonyl (C=O) groups excluding carboxylic acids is 1. The highest BCUT2D eigenvalue weighted by Gasteiger charge is 2.24. The molecule has 0 saturated carbocycles. The molecule has 4 heteroatoms. The third-order valence-electron chi connectivity index (χ3n) is 2.09. The zero-order chi connectivity index (χ0) is 13.0. The van der Waals surface area contributed by atoms with E-state index >= 15 is 0 Å². The van der Waals surface area contributed by atoms with Crippen molar-refractivity contribution in [2.45, 2.75) is 70.3 Å². The van der Waals surface area contributed by atoms with Gasteiger partial charge in [-0.1, -0.05) is 32.5 Å². The maximum Gasteiger partial charge on any atom is 0.189 e. The van der Waals surface area contributed by atoms with Crippen LogP contribution in [0.15, 0.2) is 0 Å². The molecular weight excluding hydrogens is 224 g/mol. The highest BCUT2D eigenvalue weighted by molar-refractivity contribution is 8.14. The van der Waals surface area contributed by atoms with Gasteiger partial charge in [0.05, 0.1) is 11.7 Å². The maximum absolute atomic E-state index is 11.5. The Morgan fingerprint density at radius 3 is 2.12 bits per heavy atom. The molecular formula is C12H24O3S. The molecule has 0 saturated heterocycles. The van der Waals surface area contributed by atoms with Gasteiger partial charge in [-0.15, -0.1) is 0 Å². The Bertz CT molecular complexity index is 225. The van der Waals surface area contributed by atoms with Crippen LogP contribution in [0.4, 0.5) is 0 Å². The summed E-state index contributed by atoms with van der Waals surface area (Å²) in [6.07, 6.45) is 0.766. The molecule has 0 aliphatic rings. The van der Waals surface area contributed by atoms with Gasteiger partial charge >= 0.3 is 0 Å². The monoisotopic (exact) mass is 248 g/mol. The second-order valence-electron chi connectivity index (χ2n) is 5.65. The molecule has 0 spiro atoms. The molecule has 1 atom stereocenters. The number of hydrogen-bond donors (Lipinski definition) is 2. The summed E-state index contributed by atoms with van der Waals surface area (Å²) in [6.45, 7) is 9.15. The topological polar surface area (TPSA) is 57.5 Å². The minimum Gasteiger partial charge on any atom is -0.390 e. The zero-order valence-corrected chi connectivity index (χ0v) is 11.7. The van der Waals surface area contributed by atoms with E-state index in [1.165, 1.54) is 11.8 Å². The van der Waals surface area contributed by atoms with E-state index in [0.717, 1.165) is 0 Å². The Morgan fingerprint density at radius 2 is 1.75 bits per heavy atom. The third-order valence-corrected chi connectivity index (χ3v) is 3.14. The molecule has 0 rings (SSSR count). The lowest BCUT2D eigenvalue weighted by molar-refractivity contribution is -0.111. The fourth-order valence-corrected chi connectivity index (χ4v) is 2.11. The first kappa shape index (κ1) is 15.9. The van der Waals surface area contributed by atoms with E-state index in [2.05, 4.69) is 0 Å². The molecule has 0 amide bonds. The lowest BCUT2D eigenvalue weighted by Gasteiger charge is -2.24. The molecule has 0 aliphatic heterocycles. The van der Waals surface area contributed by atoms with E-state index in [9.17, 15) is 15.0 Å². The smallest absolute Gasteiger partial charge is 0.189 e. The predicted molar refractivity (Wildman–Crippen MR) is 68.5 cm³/mol. The Kier molecular flexibility index (Phi) is 6.01. The molecule has 0 aliphatic carbocycles. The van der Waals surface area contributed by atoms with E-state index in [1.54, 1.807) is 13.8 Å². The molecule has 0 fully saturated rings. The molecule has 0 aromatic heterocycles. The summed E-state index contributed by atoms with van der Waals surface area (Å²) in [5.74, 6) is 0. The van der Waals surface area contributed by atoms with Gasteiger partial charge in [0.2, 0.25) is 0 Å². The SMILES string of the molecule is CC(C)(C)SC(=O)CCC[C@H](O)C(C)(C)O. The maximum atomic E-state index is 11.5. The Hall–Kier alpha value is -0.0600. The van der Waals surface area contributed by atoms with E-state index in [1.807, 2.05) is 20.8 Å². The Morgan fingerprint density at radius 1 is 1.25 bits per heavy atom. The van der Waals surface area contributed by atoms with Gasteiger partial charge in [-0.3, -0.25) is 4.79 Å². The van der Waals surface area contributed by atoms with Crippen LogP contribution < -0.4 is 0 Å².